The van der Waals surface area contributed by atoms with Crippen LogP contribution in [0.1, 0.15) is 23.6 Å². The van der Waals surface area contributed by atoms with E-state index in [4.69, 9.17) is 18.0 Å². The van der Waals surface area contributed by atoms with E-state index in [9.17, 15) is 0 Å². The van der Waals surface area contributed by atoms with E-state index >= 15 is 0 Å². The van der Waals surface area contributed by atoms with Gasteiger partial charge in [-0.15, -0.1) is 0 Å². The molecule has 1 saturated heterocycles. The Hall–Kier alpha value is -0.580. The first kappa shape index (κ1) is 13.8. The van der Waals surface area contributed by atoms with Crippen molar-refractivity contribution in [2.75, 3.05) is 18.8 Å². The maximum atomic E-state index is 5.65. The van der Waals surface area contributed by atoms with Crippen LogP contribution < -0.4 is 5.73 Å². The minimum Gasteiger partial charge on any atom is -0.389 e. The molecule has 1 aliphatic rings. The van der Waals surface area contributed by atoms with Crippen molar-refractivity contribution < 1.29 is 0 Å². The van der Waals surface area contributed by atoms with Gasteiger partial charge in [0.05, 0.1) is 0 Å². The zero-order chi connectivity index (χ0) is 13.1. The average molecular weight is 280 g/mol. The van der Waals surface area contributed by atoms with Crippen molar-refractivity contribution >= 4 is 29.0 Å². The van der Waals surface area contributed by atoms with Gasteiger partial charge in [-0.25, -0.2) is 0 Å². The topological polar surface area (TPSA) is 29.3 Å². The fourth-order valence-electron chi connectivity index (χ4n) is 2.30. The number of thioether (sulfide) groups is 1. The SMILES string of the molecule is Cc1cc(C(N)=S)ccc1CN1CCSC(C)C1. The molecule has 1 unspecified atom stereocenters. The van der Waals surface area contributed by atoms with Gasteiger partial charge in [-0.2, -0.15) is 11.8 Å². The Morgan fingerprint density at radius 1 is 1.56 bits per heavy atom. The molecule has 0 aromatic heterocycles. The average Bonchev–Trinajstić information content (AvgIpc) is 2.31. The molecule has 1 aromatic rings. The van der Waals surface area contributed by atoms with E-state index in [1.54, 1.807) is 0 Å². The van der Waals surface area contributed by atoms with Crippen LogP contribution in [0, 0.1) is 6.92 Å². The summed E-state index contributed by atoms with van der Waals surface area (Å²) in [4.78, 5) is 3.01. The normalized spacial score (nSPS) is 20.9. The minimum atomic E-state index is 0.479. The van der Waals surface area contributed by atoms with Crippen LogP contribution in [-0.2, 0) is 6.54 Å². The molecule has 1 fully saturated rings. The van der Waals surface area contributed by atoms with Gasteiger partial charge in [0.15, 0.2) is 0 Å². The van der Waals surface area contributed by atoms with Crippen LogP contribution in [0.3, 0.4) is 0 Å². The van der Waals surface area contributed by atoms with E-state index in [1.807, 2.05) is 6.07 Å². The van der Waals surface area contributed by atoms with Crippen molar-refractivity contribution in [3.63, 3.8) is 0 Å². The molecule has 2 N–H and O–H groups in total. The second kappa shape index (κ2) is 6.04. The van der Waals surface area contributed by atoms with Crippen molar-refractivity contribution in [3.05, 3.63) is 34.9 Å². The summed E-state index contributed by atoms with van der Waals surface area (Å²) >= 11 is 7.07. The van der Waals surface area contributed by atoms with Crippen molar-refractivity contribution in [2.24, 2.45) is 5.73 Å². The van der Waals surface area contributed by atoms with E-state index in [-0.39, 0.29) is 0 Å². The second-order valence-electron chi connectivity index (χ2n) is 4.92. The second-order valence-corrected chi connectivity index (χ2v) is 6.91. The summed E-state index contributed by atoms with van der Waals surface area (Å²) in [5, 5.41) is 0.745. The van der Waals surface area contributed by atoms with Crippen LogP contribution in [-0.4, -0.2) is 34.0 Å². The van der Waals surface area contributed by atoms with Crippen LogP contribution in [0.4, 0.5) is 0 Å². The molecule has 0 saturated carbocycles. The van der Waals surface area contributed by atoms with Gasteiger partial charge in [-0.05, 0) is 24.1 Å². The van der Waals surface area contributed by atoms with Crippen LogP contribution in [0.25, 0.3) is 0 Å². The molecule has 18 heavy (non-hydrogen) atoms. The highest BCUT2D eigenvalue weighted by Crippen LogP contribution is 2.21. The van der Waals surface area contributed by atoms with Crippen LogP contribution >= 0.6 is 24.0 Å². The predicted octanol–water partition coefficient (Wildman–Crippen LogP) is 2.57. The molecule has 0 bridgehead atoms. The molecule has 1 aromatic carbocycles. The van der Waals surface area contributed by atoms with Crippen LogP contribution in [0.5, 0.6) is 0 Å². The highest BCUT2D eigenvalue weighted by Gasteiger charge is 2.17. The third-order valence-electron chi connectivity index (χ3n) is 3.35. The quantitative estimate of drug-likeness (QED) is 0.862. The molecule has 1 aliphatic heterocycles. The first-order valence-electron chi connectivity index (χ1n) is 6.29. The van der Waals surface area contributed by atoms with Gasteiger partial charge in [0.2, 0.25) is 0 Å². The standard InChI is InChI=1S/C14H20N2S2/c1-10-7-12(14(15)17)3-4-13(10)9-16-5-6-18-11(2)8-16/h3-4,7,11H,5-6,8-9H2,1-2H3,(H2,15,17). The van der Waals surface area contributed by atoms with Gasteiger partial charge in [0, 0.05) is 36.2 Å². The summed E-state index contributed by atoms with van der Waals surface area (Å²) in [6, 6.07) is 6.29. The first-order chi connectivity index (χ1) is 8.56. The minimum absolute atomic E-state index is 0.479. The van der Waals surface area contributed by atoms with E-state index in [0.29, 0.717) is 4.99 Å². The molecular formula is C14H20N2S2. The lowest BCUT2D eigenvalue weighted by Gasteiger charge is -2.30. The van der Waals surface area contributed by atoms with Crippen LogP contribution in [0.15, 0.2) is 18.2 Å². The Kier molecular flexibility index (Phi) is 4.65. The van der Waals surface area contributed by atoms with Crippen LogP contribution in [0.2, 0.25) is 0 Å². The first-order valence-corrected chi connectivity index (χ1v) is 7.75. The molecule has 1 heterocycles. The van der Waals surface area contributed by atoms with E-state index < -0.39 is 0 Å². The summed E-state index contributed by atoms with van der Waals surface area (Å²) in [7, 11) is 0. The molecule has 4 heteroatoms. The van der Waals surface area contributed by atoms with Gasteiger partial charge in [0.1, 0.15) is 4.99 Å². The Morgan fingerprint density at radius 3 is 2.94 bits per heavy atom. The summed E-state index contributed by atoms with van der Waals surface area (Å²) < 4.78 is 0. The third-order valence-corrected chi connectivity index (χ3v) is 4.72. The van der Waals surface area contributed by atoms with E-state index in [2.05, 4.69) is 42.6 Å². The zero-order valence-electron chi connectivity index (χ0n) is 11.0. The monoisotopic (exact) mass is 280 g/mol. The fourth-order valence-corrected chi connectivity index (χ4v) is 3.51. The fraction of sp³-hybridized carbons (Fsp3) is 0.500. The number of thiocarbonyl (C=S) groups is 1. The molecule has 1 atom stereocenters. The number of rotatable bonds is 3. The Balaban J connectivity index is 2.07. The molecule has 0 aliphatic carbocycles. The lowest BCUT2D eigenvalue weighted by molar-refractivity contribution is 0.278. The van der Waals surface area contributed by atoms with Gasteiger partial charge >= 0.3 is 0 Å². The van der Waals surface area contributed by atoms with Gasteiger partial charge in [-0.3, -0.25) is 4.90 Å². The number of hydrogen-bond donors (Lipinski definition) is 1. The highest BCUT2D eigenvalue weighted by molar-refractivity contribution is 7.99. The van der Waals surface area contributed by atoms with Crippen molar-refractivity contribution in [1.29, 1.82) is 0 Å². The Morgan fingerprint density at radius 2 is 2.33 bits per heavy atom. The largest absolute Gasteiger partial charge is 0.389 e. The molecule has 2 nitrogen and oxygen atoms in total. The summed E-state index contributed by atoms with van der Waals surface area (Å²) in [5.41, 5.74) is 9.29. The molecular weight excluding hydrogens is 260 g/mol. The summed E-state index contributed by atoms with van der Waals surface area (Å²) in [5.74, 6) is 1.24. The molecule has 98 valence electrons. The molecule has 0 spiro atoms. The Labute approximate surface area is 119 Å². The zero-order valence-corrected chi connectivity index (χ0v) is 12.6. The van der Waals surface area contributed by atoms with Gasteiger partial charge in [0.25, 0.3) is 0 Å². The van der Waals surface area contributed by atoms with Gasteiger partial charge < -0.3 is 5.73 Å². The number of hydrogen-bond acceptors (Lipinski definition) is 3. The Bertz CT molecular complexity index is 445. The molecule has 0 radical (unpaired) electrons. The maximum Gasteiger partial charge on any atom is 0.103 e. The lowest BCUT2D eigenvalue weighted by Crippen LogP contribution is -2.36. The number of nitrogens with two attached hydrogens (primary N) is 1. The maximum absolute atomic E-state index is 5.65. The molecule has 0 amide bonds. The number of benzene rings is 1. The smallest absolute Gasteiger partial charge is 0.103 e. The predicted molar refractivity (Wildman–Crippen MR) is 84.3 cm³/mol. The van der Waals surface area contributed by atoms with Crippen molar-refractivity contribution in [2.45, 2.75) is 25.6 Å². The summed E-state index contributed by atoms with van der Waals surface area (Å²) in [6.07, 6.45) is 0. The van der Waals surface area contributed by atoms with E-state index in [0.717, 1.165) is 17.4 Å². The third kappa shape index (κ3) is 3.46. The highest BCUT2D eigenvalue weighted by atomic mass is 32.2. The number of nitrogens with zero attached hydrogens (tertiary/aromatic N) is 1. The summed E-state index contributed by atoms with van der Waals surface area (Å²) in [6.45, 7) is 7.85. The van der Waals surface area contributed by atoms with E-state index in [1.165, 1.54) is 30.0 Å². The molecule has 2 rings (SSSR count). The van der Waals surface area contributed by atoms with Crippen molar-refractivity contribution in [1.82, 2.24) is 4.90 Å². The lowest BCUT2D eigenvalue weighted by atomic mass is 10.0. The van der Waals surface area contributed by atoms with Crippen molar-refractivity contribution in [3.8, 4) is 0 Å². The number of aryl methyl sites for hydroxylation is 1. The van der Waals surface area contributed by atoms with Gasteiger partial charge in [-0.1, -0.05) is 31.3 Å².